The minimum absolute atomic E-state index is 0.123. The average Bonchev–Trinajstić information content (AvgIpc) is 2.27. The van der Waals surface area contributed by atoms with Crippen LogP contribution in [0.5, 0.6) is 0 Å². The molecule has 0 N–H and O–H groups in total. The number of hydrogen-bond acceptors (Lipinski definition) is 3. The van der Waals surface area contributed by atoms with Crippen molar-refractivity contribution in [1.29, 1.82) is 0 Å². The Morgan fingerprint density at radius 1 is 1.50 bits per heavy atom. The van der Waals surface area contributed by atoms with Gasteiger partial charge in [-0.25, -0.2) is 0 Å². The Bertz CT molecular complexity index is 263. The number of likely N-dealkylation sites (tertiary alicyclic amines) is 1. The normalized spacial score (nSPS) is 27.9. The van der Waals surface area contributed by atoms with Gasteiger partial charge in [0.05, 0.1) is 0 Å². The molecule has 1 unspecified atom stereocenters. The van der Waals surface area contributed by atoms with Crippen LogP contribution >= 0.6 is 11.8 Å². The number of carbonyl (C=O) groups is 2. The minimum Gasteiger partial charge on any atom is -0.339 e. The van der Waals surface area contributed by atoms with Gasteiger partial charge < -0.3 is 4.90 Å². The van der Waals surface area contributed by atoms with Crippen molar-refractivity contribution in [2.75, 3.05) is 6.54 Å². The zero-order valence-corrected chi connectivity index (χ0v) is 9.18. The molecule has 1 saturated carbocycles. The molecule has 0 spiro atoms. The lowest BCUT2D eigenvalue weighted by Crippen LogP contribution is -2.41. The van der Waals surface area contributed by atoms with Gasteiger partial charge in [0, 0.05) is 31.2 Å². The lowest BCUT2D eigenvalue weighted by atomic mass is 9.92. The van der Waals surface area contributed by atoms with Gasteiger partial charge in [0.1, 0.15) is 0 Å². The van der Waals surface area contributed by atoms with Gasteiger partial charge in [0.15, 0.2) is 5.12 Å². The maximum absolute atomic E-state index is 11.6. The molecule has 0 aromatic rings. The molecule has 1 atom stereocenters. The quantitative estimate of drug-likeness (QED) is 0.696. The molecule has 1 saturated heterocycles. The molecule has 1 aliphatic carbocycles. The Morgan fingerprint density at radius 2 is 2.21 bits per heavy atom. The predicted molar refractivity (Wildman–Crippen MR) is 56.0 cm³/mol. The van der Waals surface area contributed by atoms with E-state index in [0.717, 1.165) is 19.4 Å². The molecule has 2 rings (SSSR count). The highest BCUT2D eigenvalue weighted by Gasteiger charge is 2.37. The van der Waals surface area contributed by atoms with Gasteiger partial charge in [-0.15, -0.1) is 0 Å². The van der Waals surface area contributed by atoms with E-state index >= 15 is 0 Å². The van der Waals surface area contributed by atoms with E-state index in [0.29, 0.717) is 12.5 Å². The van der Waals surface area contributed by atoms with Gasteiger partial charge in [-0.1, -0.05) is 11.8 Å². The third-order valence-electron chi connectivity index (χ3n) is 2.97. The lowest BCUT2D eigenvalue weighted by Gasteiger charge is -2.34. The Kier molecular flexibility index (Phi) is 2.81. The van der Waals surface area contributed by atoms with Crippen LogP contribution in [0.15, 0.2) is 0 Å². The summed E-state index contributed by atoms with van der Waals surface area (Å²) in [7, 11) is 0. The highest BCUT2D eigenvalue weighted by molar-refractivity contribution is 8.14. The van der Waals surface area contributed by atoms with Crippen LogP contribution in [0.2, 0.25) is 0 Å². The van der Waals surface area contributed by atoms with Gasteiger partial charge in [-0.05, 0) is 19.3 Å². The van der Waals surface area contributed by atoms with E-state index in [1.54, 1.807) is 6.92 Å². The molecular formula is C10H15NO2S. The number of hydrogen-bond donors (Lipinski definition) is 0. The Labute approximate surface area is 88.2 Å². The molecule has 2 fully saturated rings. The number of thioether (sulfide) groups is 1. The van der Waals surface area contributed by atoms with Gasteiger partial charge in [-0.2, -0.15) is 0 Å². The van der Waals surface area contributed by atoms with Gasteiger partial charge in [0.2, 0.25) is 5.91 Å². The summed E-state index contributed by atoms with van der Waals surface area (Å²) in [6.07, 6.45) is 4.12. The van der Waals surface area contributed by atoms with E-state index < -0.39 is 0 Å². The van der Waals surface area contributed by atoms with Gasteiger partial charge in [-0.3, -0.25) is 9.59 Å². The number of rotatable bonds is 2. The summed E-state index contributed by atoms with van der Waals surface area (Å²) in [4.78, 5) is 24.5. The minimum atomic E-state index is 0.123. The summed E-state index contributed by atoms with van der Waals surface area (Å²) in [6.45, 7) is 2.36. The van der Waals surface area contributed by atoms with E-state index in [4.69, 9.17) is 0 Å². The van der Waals surface area contributed by atoms with Crippen molar-refractivity contribution < 1.29 is 9.59 Å². The second-order valence-corrected chi connectivity index (χ2v) is 5.54. The summed E-state index contributed by atoms with van der Waals surface area (Å²) in [6, 6.07) is 0.486. The van der Waals surface area contributed by atoms with E-state index in [1.807, 2.05) is 4.90 Å². The molecule has 1 aliphatic heterocycles. The first-order valence-electron chi connectivity index (χ1n) is 5.13. The number of nitrogens with zero attached hydrogens (tertiary/aromatic N) is 1. The maximum Gasteiger partial charge on any atom is 0.224 e. The molecule has 1 amide bonds. The molecule has 78 valence electrons. The molecule has 0 aromatic carbocycles. The zero-order chi connectivity index (χ0) is 10.1. The lowest BCUT2D eigenvalue weighted by molar-refractivity contribution is -0.131. The van der Waals surface area contributed by atoms with Crippen molar-refractivity contribution in [3.63, 3.8) is 0 Å². The fourth-order valence-corrected chi connectivity index (χ4v) is 2.99. The standard InChI is InChI=1S/C10H15NO2S/c1-7(12)14-9-5-10(13)11(6-9)8-3-2-4-8/h8-9H,2-6H2,1H3. The molecular weight excluding hydrogens is 198 g/mol. The molecule has 3 nitrogen and oxygen atoms in total. The maximum atomic E-state index is 11.6. The molecule has 4 heteroatoms. The van der Waals surface area contributed by atoms with Crippen molar-refractivity contribution in [1.82, 2.24) is 4.90 Å². The largest absolute Gasteiger partial charge is 0.339 e. The summed E-state index contributed by atoms with van der Waals surface area (Å²) >= 11 is 1.32. The fraction of sp³-hybridized carbons (Fsp3) is 0.800. The predicted octanol–water partition coefficient (Wildman–Crippen LogP) is 1.42. The van der Waals surface area contributed by atoms with Crippen LogP contribution < -0.4 is 0 Å². The van der Waals surface area contributed by atoms with E-state index in [2.05, 4.69) is 0 Å². The molecule has 0 radical (unpaired) electrons. The second kappa shape index (κ2) is 3.93. The topological polar surface area (TPSA) is 37.4 Å². The van der Waals surface area contributed by atoms with Crippen LogP contribution in [0.1, 0.15) is 32.6 Å². The van der Waals surface area contributed by atoms with Crippen LogP contribution in [0, 0.1) is 0 Å². The van der Waals surface area contributed by atoms with Crippen LogP contribution in [0.3, 0.4) is 0 Å². The number of amides is 1. The van der Waals surface area contributed by atoms with Crippen LogP contribution in [-0.2, 0) is 9.59 Å². The van der Waals surface area contributed by atoms with Crippen LogP contribution in [0.4, 0.5) is 0 Å². The van der Waals surface area contributed by atoms with Crippen molar-refractivity contribution in [3.05, 3.63) is 0 Å². The summed E-state index contributed by atoms with van der Waals surface area (Å²) < 4.78 is 0. The first-order valence-corrected chi connectivity index (χ1v) is 6.01. The molecule has 0 aromatic heterocycles. The highest BCUT2D eigenvalue weighted by Crippen LogP contribution is 2.32. The molecule has 2 aliphatic rings. The monoisotopic (exact) mass is 213 g/mol. The summed E-state index contributed by atoms with van der Waals surface area (Å²) in [5, 5.41) is 0.332. The Balaban J connectivity index is 1.89. The smallest absolute Gasteiger partial charge is 0.224 e. The SMILES string of the molecule is CC(=O)SC1CC(=O)N(C2CCC2)C1. The average molecular weight is 213 g/mol. The van der Waals surface area contributed by atoms with Crippen LogP contribution in [0.25, 0.3) is 0 Å². The van der Waals surface area contributed by atoms with E-state index in [9.17, 15) is 9.59 Å². The third kappa shape index (κ3) is 1.95. The summed E-state index contributed by atoms with van der Waals surface area (Å²) in [5.74, 6) is 0.244. The van der Waals surface area contributed by atoms with Crippen molar-refractivity contribution in [3.8, 4) is 0 Å². The van der Waals surface area contributed by atoms with Gasteiger partial charge >= 0.3 is 0 Å². The third-order valence-corrected chi connectivity index (χ3v) is 3.95. The van der Waals surface area contributed by atoms with Crippen molar-refractivity contribution in [2.45, 2.75) is 43.9 Å². The fourth-order valence-electron chi connectivity index (χ4n) is 2.06. The number of carbonyl (C=O) groups excluding carboxylic acids is 2. The first-order chi connectivity index (χ1) is 6.66. The Morgan fingerprint density at radius 3 is 2.71 bits per heavy atom. The van der Waals surface area contributed by atoms with Crippen molar-refractivity contribution >= 4 is 22.8 Å². The second-order valence-electron chi connectivity index (χ2n) is 4.07. The van der Waals surface area contributed by atoms with Crippen molar-refractivity contribution in [2.24, 2.45) is 0 Å². The molecule has 0 bridgehead atoms. The molecule has 14 heavy (non-hydrogen) atoms. The summed E-state index contributed by atoms with van der Waals surface area (Å²) in [5.41, 5.74) is 0. The van der Waals surface area contributed by atoms with E-state index in [1.165, 1.54) is 18.2 Å². The zero-order valence-electron chi connectivity index (χ0n) is 8.36. The van der Waals surface area contributed by atoms with Gasteiger partial charge in [0.25, 0.3) is 0 Å². The highest BCUT2D eigenvalue weighted by atomic mass is 32.2. The Hall–Kier alpha value is -0.510. The first kappa shape index (κ1) is 10.0. The van der Waals surface area contributed by atoms with Crippen LogP contribution in [-0.4, -0.2) is 33.8 Å². The van der Waals surface area contributed by atoms with E-state index in [-0.39, 0.29) is 16.3 Å². The molecule has 1 heterocycles.